The quantitative estimate of drug-likeness (QED) is 0.146. The topological polar surface area (TPSA) is 74.3 Å². The van der Waals surface area contributed by atoms with Gasteiger partial charge in [0.2, 0.25) is 0 Å². The number of aromatic nitrogens is 4. The molecule has 1 amide bonds. The Balaban J connectivity index is 1.43. The third-order valence-electron chi connectivity index (χ3n) is 7.10. The van der Waals surface area contributed by atoms with Gasteiger partial charge >= 0.3 is 0 Å². The van der Waals surface area contributed by atoms with E-state index in [-0.39, 0.29) is 21.5 Å². The molecule has 1 fully saturated rings. The van der Waals surface area contributed by atoms with Crippen molar-refractivity contribution in [3.05, 3.63) is 117 Å². The highest BCUT2D eigenvalue weighted by Gasteiger charge is 2.38. The Morgan fingerprint density at radius 2 is 1.67 bits per heavy atom. The summed E-state index contributed by atoms with van der Waals surface area (Å²) in [7, 11) is 1.78. The molecule has 8 nitrogen and oxygen atoms in total. The molecule has 43 heavy (non-hydrogen) atoms. The number of para-hydroxylation sites is 2. The number of hydrogen-bond acceptors (Lipinski definition) is 6. The van der Waals surface area contributed by atoms with Gasteiger partial charge in [-0.3, -0.25) is 19.2 Å². The summed E-state index contributed by atoms with van der Waals surface area (Å²) < 4.78 is 10.9. The van der Waals surface area contributed by atoms with Gasteiger partial charge in [-0.25, -0.2) is 9.36 Å². The van der Waals surface area contributed by atoms with Crippen molar-refractivity contribution in [3.63, 3.8) is 0 Å². The summed E-state index contributed by atoms with van der Waals surface area (Å²) >= 11 is 13.3. The van der Waals surface area contributed by atoms with Gasteiger partial charge in [-0.1, -0.05) is 72.0 Å². The van der Waals surface area contributed by atoms with Crippen molar-refractivity contribution in [3.8, 4) is 28.4 Å². The number of anilines is 1. The molecular formula is C32H26ClN5O3S2. The number of ether oxygens (including phenoxy) is 1. The lowest BCUT2D eigenvalue weighted by Crippen LogP contribution is -2.33. The van der Waals surface area contributed by atoms with E-state index in [9.17, 15) is 9.59 Å². The molecular weight excluding hydrogens is 602 g/mol. The van der Waals surface area contributed by atoms with Crippen LogP contribution in [0.3, 0.4) is 0 Å². The smallest absolute Gasteiger partial charge is 0.296 e. The molecule has 11 heteroatoms. The number of amides is 1. The van der Waals surface area contributed by atoms with E-state index in [4.69, 9.17) is 33.7 Å². The largest absolute Gasteiger partial charge is 0.492 e. The highest BCUT2D eigenvalue weighted by atomic mass is 35.5. The van der Waals surface area contributed by atoms with Crippen LogP contribution in [-0.4, -0.2) is 36.0 Å². The maximum atomic E-state index is 13.9. The van der Waals surface area contributed by atoms with Crippen LogP contribution < -0.4 is 15.2 Å². The summed E-state index contributed by atoms with van der Waals surface area (Å²) in [5.74, 6) is 0.210. The number of thiocarbonyl (C=S) groups is 1. The van der Waals surface area contributed by atoms with Gasteiger partial charge in [-0.15, -0.1) is 0 Å². The van der Waals surface area contributed by atoms with E-state index in [1.807, 2.05) is 85.9 Å². The minimum atomic E-state index is -0.371. The molecule has 1 saturated heterocycles. The van der Waals surface area contributed by atoms with Gasteiger partial charge < -0.3 is 4.74 Å². The molecule has 0 bridgehead atoms. The van der Waals surface area contributed by atoms with Gasteiger partial charge in [0.15, 0.2) is 4.32 Å². The van der Waals surface area contributed by atoms with Gasteiger partial charge in [0, 0.05) is 24.4 Å². The number of benzene rings is 3. The molecule has 0 spiro atoms. The number of nitrogens with zero attached hydrogens (tertiary/aromatic N) is 5. The van der Waals surface area contributed by atoms with Crippen LogP contribution in [0.25, 0.3) is 28.7 Å². The summed E-state index contributed by atoms with van der Waals surface area (Å²) in [5.41, 5.74) is 4.15. The van der Waals surface area contributed by atoms with E-state index < -0.39 is 0 Å². The molecule has 216 valence electrons. The number of carbonyl (C=O) groups is 1. The fourth-order valence-corrected chi connectivity index (χ4v) is 6.46. The number of rotatable bonds is 7. The minimum absolute atomic E-state index is 0.232. The maximum Gasteiger partial charge on any atom is 0.296 e. The first-order valence-electron chi connectivity index (χ1n) is 13.5. The van der Waals surface area contributed by atoms with Crippen molar-refractivity contribution in [1.82, 2.24) is 19.1 Å². The second kappa shape index (κ2) is 11.7. The molecule has 0 aliphatic carbocycles. The van der Waals surface area contributed by atoms with E-state index in [0.29, 0.717) is 44.9 Å². The van der Waals surface area contributed by atoms with Gasteiger partial charge in [0.1, 0.15) is 17.1 Å². The standard InChI is InChI=1S/C32H26ClN5O3S2/c1-4-41-26-16-15-21(17-25(26)33)28-22(19-36(34-28)23-11-7-5-8-12-23)18-27-30(39)37(32(42)43-27)29-20(2)35(3)38(31(29)40)24-13-9-6-10-14-24/h5-19H,4H2,1-3H3. The predicted molar refractivity (Wildman–Crippen MR) is 177 cm³/mol. The van der Waals surface area contributed by atoms with Crippen LogP contribution in [-0.2, 0) is 11.8 Å². The van der Waals surface area contributed by atoms with Crippen LogP contribution >= 0.6 is 35.6 Å². The summed E-state index contributed by atoms with van der Waals surface area (Å²) in [6.07, 6.45) is 3.62. The Hall–Kier alpha value is -4.38. The zero-order chi connectivity index (χ0) is 30.2. The number of halogens is 1. The average Bonchev–Trinajstić information content (AvgIpc) is 3.62. The molecule has 2 aromatic heterocycles. The zero-order valence-electron chi connectivity index (χ0n) is 23.5. The van der Waals surface area contributed by atoms with Gasteiger partial charge in [0.05, 0.1) is 33.6 Å². The Morgan fingerprint density at radius 3 is 2.33 bits per heavy atom. The average molecular weight is 628 g/mol. The second-order valence-electron chi connectivity index (χ2n) is 9.72. The lowest BCUT2D eigenvalue weighted by atomic mass is 10.1. The van der Waals surface area contributed by atoms with Crippen LogP contribution in [0.1, 0.15) is 18.2 Å². The molecule has 0 atom stereocenters. The molecule has 3 heterocycles. The lowest BCUT2D eigenvalue weighted by molar-refractivity contribution is -0.113. The molecule has 0 unspecified atom stereocenters. The molecule has 1 aliphatic rings. The molecule has 5 aromatic rings. The summed E-state index contributed by atoms with van der Waals surface area (Å²) in [5, 5.41) is 5.31. The SMILES string of the molecule is CCOc1ccc(-c2nn(-c3ccccc3)cc2C=C2SC(=S)N(c3c(C)n(C)n(-c4ccccc4)c3=O)C2=O)cc1Cl. The van der Waals surface area contributed by atoms with Crippen molar-refractivity contribution >= 4 is 57.6 Å². The number of carbonyl (C=O) groups excluding carboxylic acids is 1. The first-order chi connectivity index (χ1) is 20.8. The Bertz CT molecular complexity index is 1960. The maximum absolute atomic E-state index is 13.9. The normalized spacial score (nSPS) is 14.2. The van der Waals surface area contributed by atoms with Crippen molar-refractivity contribution in [2.24, 2.45) is 7.05 Å². The van der Waals surface area contributed by atoms with E-state index >= 15 is 0 Å². The highest BCUT2D eigenvalue weighted by Crippen LogP contribution is 2.38. The fourth-order valence-electron chi connectivity index (χ4n) is 4.96. The Kier molecular flexibility index (Phi) is 7.83. The number of hydrogen-bond donors (Lipinski definition) is 0. The Labute approximate surface area is 262 Å². The third kappa shape index (κ3) is 5.22. The molecule has 0 N–H and O–H groups in total. The molecule has 0 saturated carbocycles. The molecule has 3 aromatic carbocycles. The van der Waals surface area contributed by atoms with Gasteiger partial charge in [-0.2, -0.15) is 5.10 Å². The van der Waals surface area contributed by atoms with Crippen molar-refractivity contribution in [2.75, 3.05) is 11.5 Å². The van der Waals surface area contributed by atoms with Crippen molar-refractivity contribution < 1.29 is 9.53 Å². The van der Waals surface area contributed by atoms with Crippen molar-refractivity contribution in [2.45, 2.75) is 13.8 Å². The Morgan fingerprint density at radius 1 is 1.00 bits per heavy atom. The molecule has 6 rings (SSSR count). The third-order valence-corrected chi connectivity index (χ3v) is 8.69. The number of thioether (sulfide) groups is 1. The lowest BCUT2D eigenvalue weighted by Gasteiger charge is -2.12. The van der Waals surface area contributed by atoms with Gasteiger partial charge in [-0.05, 0) is 62.4 Å². The minimum Gasteiger partial charge on any atom is -0.492 e. The molecule has 0 radical (unpaired) electrons. The first kappa shape index (κ1) is 28.7. The van der Waals surface area contributed by atoms with E-state index in [1.54, 1.807) is 35.5 Å². The van der Waals surface area contributed by atoms with Crippen LogP contribution in [0, 0.1) is 6.92 Å². The van der Waals surface area contributed by atoms with E-state index in [2.05, 4.69) is 0 Å². The first-order valence-corrected chi connectivity index (χ1v) is 15.1. The van der Waals surface area contributed by atoms with Crippen LogP contribution in [0.2, 0.25) is 5.02 Å². The van der Waals surface area contributed by atoms with Crippen LogP contribution in [0.4, 0.5) is 5.69 Å². The van der Waals surface area contributed by atoms with Crippen LogP contribution in [0.5, 0.6) is 5.75 Å². The van der Waals surface area contributed by atoms with Crippen molar-refractivity contribution in [1.29, 1.82) is 0 Å². The fraction of sp³-hybridized carbons (Fsp3) is 0.125. The van der Waals surface area contributed by atoms with Crippen LogP contribution in [0.15, 0.2) is 94.8 Å². The summed E-state index contributed by atoms with van der Waals surface area (Å²) in [6, 6.07) is 24.5. The molecule has 1 aliphatic heterocycles. The highest BCUT2D eigenvalue weighted by molar-refractivity contribution is 8.27. The monoisotopic (exact) mass is 627 g/mol. The summed E-state index contributed by atoms with van der Waals surface area (Å²) in [4.78, 5) is 29.3. The zero-order valence-corrected chi connectivity index (χ0v) is 25.9. The summed E-state index contributed by atoms with van der Waals surface area (Å²) in [6.45, 7) is 4.19. The van der Waals surface area contributed by atoms with Gasteiger partial charge in [0.25, 0.3) is 11.5 Å². The predicted octanol–water partition coefficient (Wildman–Crippen LogP) is 6.80. The van der Waals surface area contributed by atoms with E-state index in [0.717, 1.165) is 23.0 Å². The van der Waals surface area contributed by atoms with E-state index in [1.165, 1.54) is 9.58 Å². The second-order valence-corrected chi connectivity index (χ2v) is 11.8.